The Bertz CT molecular complexity index is 951. The van der Waals surface area contributed by atoms with E-state index in [-0.39, 0.29) is 16.7 Å². The smallest absolute Gasteiger partial charge is 0.356 e. The molecule has 25 heavy (non-hydrogen) atoms. The molecule has 1 amide bonds. The van der Waals surface area contributed by atoms with Crippen LogP contribution in [0, 0.1) is 0 Å². The fraction of sp³-hybridized carbons (Fsp3) is 0.0556. The third kappa shape index (κ3) is 3.51. The minimum atomic E-state index is -0.513. The lowest BCUT2D eigenvalue weighted by molar-refractivity contribution is 0.0591. The Labute approximate surface area is 149 Å². The molecule has 1 heterocycles. The van der Waals surface area contributed by atoms with E-state index in [0.717, 1.165) is 10.9 Å². The van der Waals surface area contributed by atoms with E-state index in [4.69, 9.17) is 17.0 Å². The van der Waals surface area contributed by atoms with Crippen molar-refractivity contribution in [1.29, 1.82) is 0 Å². The van der Waals surface area contributed by atoms with Gasteiger partial charge in [0.15, 0.2) is 5.11 Å². The van der Waals surface area contributed by atoms with Gasteiger partial charge in [-0.1, -0.05) is 36.4 Å². The summed E-state index contributed by atoms with van der Waals surface area (Å²) in [6, 6.07) is 17.8. The van der Waals surface area contributed by atoms with Crippen molar-refractivity contribution in [3.8, 4) is 0 Å². The van der Waals surface area contributed by atoms with Crippen LogP contribution in [0.3, 0.4) is 0 Å². The minimum Gasteiger partial charge on any atom is -0.464 e. The number of hydrogen-bond acceptors (Lipinski definition) is 4. The molecule has 3 aromatic rings. The number of carbonyl (C=O) groups is 2. The molecule has 0 fully saturated rings. The Balaban J connectivity index is 1.85. The number of amides is 1. The third-order valence-corrected chi connectivity index (χ3v) is 3.78. The number of aromatic nitrogens is 1. The van der Waals surface area contributed by atoms with Crippen LogP contribution in [0.15, 0.2) is 60.7 Å². The number of para-hydroxylation sites is 1. The largest absolute Gasteiger partial charge is 0.464 e. The van der Waals surface area contributed by atoms with E-state index in [0.29, 0.717) is 5.56 Å². The topological polar surface area (TPSA) is 72.4 Å². The fourth-order valence-electron chi connectivity index (χ4n) is 2.42. The predicted molar refractivity (Wildman–Crippen MR) is 99.1 cm³/mol. The normalized spacial score (nSPS) is 10.3. The molecule has 2 N–H and O–H groups in total. The zero-order valence-electron chi connectivity index (χ0n) is 13.4. The van der Waals surface area contributed by atoms with Crippen LogP contribution in [-0.4, -0.2) is 28.8 Å². The lowest BCUT2D eigenvalue weighted by Crippen LogP contribution is -2.38. The number of ether oxygens (including phenoxy) is 1. The quantitative estimate of drug-likeness (QED) is 0.559. The van der Waals surface area contributed by atoms with Crippen LogP contribution in [0.1, 0.15) is 20.8 Å². The molecule has 0 unspecified atom stereocenters. The molecule has 0 aliphatic heterocycles. The Hall–Kier alpha value is -3.19. The molecule has 2 aromatic carbocycles. The molecule has 0 spiro atoms. The first-order chi connectivity index (χ1) is 12.1. The number of benzene rings is 2. The monoisotopic (exact) mass is 353 g/mol. The molecule has 3 rings (SSSR count). The molecular formula is C18H15N3O3S. The zero-order chi connectivity index (χ0) is 17.8. The lowest BCUT2D eigenvalue weighted by Gasteiger charge is -2.14. The summed E-state index contributed by atoms with van der Waals surface area (Å²) in [4.78, 5) is 24.2. The van der Waals surface area contributed by atoms with Crippen LogP contribution < -0.4 is 10.7 Å². The molecule has 0 bridgehead atoms. The number of rotatable bonds is 3. The van der Waals surface area contributed by atoms with E-state index in [1.807, 2.05) is 30.3 Å². The minimum absolute atomic E-state index is 0.0698. The van der Waals surface area contributed by atoms with Gasteiger partial charge in [0.05, 0.1) is 12.6 Å². The van der Waals surface area contributed by atoms with Gasteiger partial charge in [0.2, 0.25) is 0 Å². The van der Waals surface area contributed by atoms with Gasteiger partial charge in [-0.25, -0.2) is 9.47 Å². The highest BCUT2D eigenvalue weighted by Crippen LogP contribution is 2.19. The van der Waals surface area contributed by atoms with Gasteiger partial charge in [-0.2, -0.15) is 0 Å². The van der Waals surface area contributed by atoms with E-state index < -0.39 is 5.97 Å². The predicted octanol–water partition coefficient (Wildman–Crippen LogP) is 2.69. The van der Waals surface area contributed by atoms with Gasteiger partial charge in [0.25, 0.3) is 5.91 Å². The highest BCUT2D eigenvalue weighted by Gasteiger charge is 2.17. The summed E-state index contributed by atoms with van der Waals surface area (Å²) in [7, 11) is 1.31. The van der Waals surface area contributed by atoms with Crippen LogP contribution in [0.4, 0.5) is 0 Å². The Morgan fingerprint density at radius 1 is 1.04 bits per heavy atom. The van der Waals surface area contributed by atoms with Crippen LogP contribution in [0.2, 0.25) is 0 Å². The average Bonchev–Trinajstić information content (AvgIpc) is 3.00. The number of esters is 1. The molecule has 7 heteroatoms. The number of methoxy groups -OCH3 is 1. The molecular weight excluding hydrogens is 338 g/mol. The molecule has 0 saturated carbocycles. The van der Waals surface area contributed by atoms with Crippen molar-refractivity contribution in [2.24, 2.45) is 0 Å². The van der Waals surface area contributed by atoms with Crippen molar-refractivity contribution in [3.05, 3.63) is 71.9 Å². The van der Waals surface area contributed by atoms with E-state index in [1.165, 1.54) is 11.8 Å². The van der Waals surface area contributed by atoms with Crippen LogP contribution in [0.5, 0.6) is 0 Å². The maximum Gasteiger partial charge on any atom is 0.356 e. The van der Waals surface area contributed by atoms with E-state index in [9.17, 15) is 9.59 Å². The number of carbonyl (C=O) groups excluding carboxylic acids is 2. The zero-order valence-corrected chi connectivity index (χ0v) is 14.2. The Morgan fingerprint density at radius 3 is 2.44 bits per heavy atom. The standard InChI is InChI=1S/C18H15N3O3S/c1-24-17(23)15-11-13-9-5-6-10-14(13)21(15)20-18(25)19-16(22)12-7-3-2-4-8-12/h2-11H,1H3,(H2,19,20,22,25). The van der Waals surface area contributed by atoms with Crippen molar-refractivity contribution < 1.29 is 14.3 Å². The number of nitrogens with one attached hydrogen (secondary N) is 2. The molecule has 1 aromatic heterocycles. The van der Waals surface area contributed by atoms with Gasteiger partial charge in [-0.15, -0.1) is 0 Å². The van der Waals surface area contributed by atoms with Gasteiger partial charge in [-0.3, -0.25) is 15.5 Å². The molecule has 0 aliphatic carbocycles. The summed E-state index contributed by atoms with van der Waals surface area (Å²) in [6.07, 6.45) is 0. The molecule has 0 aliphatic rings. The maximum absolute atomic E-state index is 12.2. The number of fused-ring (bicyclic) bond motifs is 1. The number of nitrogens with zero attached hydrogens (tertiary/aromatic N) is 1. The van der Waals surface area contributed by atoms with Gasteiger partial charge in [0, 0.05) is 10.9 Å². The van der Waals surface area contributed by atoms with Crippen LogP contribution >= 0.6 is 12.2 Å². The summed E-state index contributed by atoms with van der Waals surface area (Å²) in [5.74, 6) is -0.852. The lowest BCUT2D eigenvalue weighted by atomic mass is 10.2. The fourth-order valence-corrected chi connectivity index (χ4v) is 2.61. The maximum atomic E-state index is 12.2. The second-order valence-corrected chi connectivity index (χ2v) is 5.58. The highest BCUT2D eigenvalue weighted by molar-refractivity contribution is 7.80. The average molecular weight is 353 g/mol. The molecule has 0 saturated heterocycles. The van der Waals surface area contributed by atoms with Gasteiger partial charge in [0.1, 0.15) is 5.69 Å². The Morgan fingerprint density at radius 2 is 1.72 bits per heavy atom. The van der Waals surface area contributed by atoms with E-state index >= 15 is 0 Å². The number of hydrogen-bond donors (Lipinski definition) is 2. The van der Waals surface area contributed by atoms with Crippen molar-refractivity contribution in [3.63, 3.8) is 0 Å². The first kappa shape index (κ1) is 16.7. The van der Waals surface area contributed by atoms with E-state index in [1.54, 1.807) is 30.3 Å². The molecule has 126 valence electrons. The summed E-state index contributed by atoms with van der Waals surface area (Å²) in [6.45, 7) is 0. The van der Waals surface area contributed by atoms with Crippen molar-refractivity contribution in [1.82, 2.24) is 9.99 Å². The van der Waals surface area contributed by atoms with Gasteiger partial charge < -0.3 is 4.74 Å². The molecule has 0 radical (unpaired) electrons. The first-order valence-corrected chi connectivity index (χ1v) is 7.87. The summed E-state index contributed by atoms with van der Waals surface area (Å²) < 4.78 is 6.30. The van der Waals surface area contributed by atoms with Crippen molar-refractivity contribution >= 4 is 40.1 Å². The van der Waals surface area contributed by atoms with Gasteiger partial charge in [-0.05, 0) is 36.5 Å². The Kier molecular flexibility index (Phi) is 4.76. The second-order valence-electron chi connectivity index (χ2n) is 5.18. The first-order valence-electron chi connectivity index (χ1n) is 7.46. The summed E-state index contributed by atoms with van der Waals surface area (Å²) in [5.41, 5.74) is 4.36. The van der Waals surface area contributed by atoms with Crippen LogP contribution in [-0.2, 0) is 4.74 Å². The van der Waals surface area contributed by atoms with Crippen molar-refractivity contribution in [2.75, 3.05) is 12.5 Å². The van der Waals surface area contributed by atoms with Crippen LogP contribution in [0.25, 0.3) is 10.9 Å². The second kappa shape index (κ2) is 7.14. The summed E-state index contributed by atoms with van der Waals surface area (Å²) in [5, 5.41) is 3.50. The highest BCUT2D eigenvalue weighted by atomic mass is 32.1. The van der Waals surface area contributed by atoms with E-state index in [2.05, 4.69) is 10.7 Å². The number of thiocarbonyl (C=S) groups is 1. The molecule has 6 nitrogen and oxygen atoms in total. The SMILES string of the molecule is COC(=O)c1cc2ccccc2n1NC(=S)NC(=O)c1ccccc1. The van der Waals surface area contributed by atoms with Gasteiger partial charge >= 0.3 is 5.97 Å². The summed E-state index contributed by atoms with van der Waals surface area (Å²) >= 11 is 5.21. The third-order valence-electron chi connectivity index (χ3n) is 3.58. The molecule has 0 atom stereocenters. The van der Waals surface area contributed by atoms with Crippen molar-refractivity contribution in [2.45, 2.75) is 0 Å².